The first kappa shape index (κ1) is 16.1. The van der Waals surface area contributed by atoms with Crippen molar-refractivity contribution < 1.29 is 19.1 Å². The summed E-state index contributed by atoms with van der Waals surface area (Å²) in [6, 6.07) is 9.74. The van der Waals surface area contributed by atoms with Gasteiger partial charge >= 0.3 is 11.8 Å². The number of halogens is 1. The second-order valence-corrected chi connectivity index (χ2v) is 5.08. The summed E-state index contributed by atoms with van der Waals surface area (Å²) in [6.45, 7) is 1.61. The first-order chi connectivity index (χ1) is 10.5. The van der Waals surface area contributed by atoms with E-state index in [2.05, 4.69) is 10.6 Å². The maximum atomic E-state index is 11.7. The zero-order chi connectivity index (χ0) is 16.1. The van der Waals surface area contributed by atoms with Crippen LogP contribution in [0.3, 0.4) is 0 Å². The predicted molar refractivity (Wildman–Crippen MR) is 81.5 cm³/mol. The van der Waals surface area contributed by atoms with Crippen molar-refractivity contribution in [3.05, 3.63) is 52.9 Å². The van der Waals surface area contributed by atoms with Crippen LogP contribution in [0.15, 0.2) is 40.8 Å². The molecule has 1 heterocycles. The van der Waals surface area contributed by atoms with Crippen molar-refractivity contribution in [1.29, 1.82) is 0 Å². The molecule has 0 saturated carbocycles. The van der Waals surface area contributed by atoms with Gasteiger partial charge in [-0.1, -0.05) is 17.7 Å². The van der Waals surface area contributed by atoms with E-state index in [0.717, 1.165) is 0 Å². The van der Waals surface area contributed by atoms with Crippen molar-refractivity contribution in [1.82, 2.24) is 5.32 Å². The number of carbonyl (C=O) groups is 2. The molecule has 0 saturated heterocycles. The summed E-state index contributed by atoms with van der Waals surface area (Å²) in [5.41, 5.74) is 0.412. The van der Waals surface area contributed by atoms with Crippen LogP contribution in [0, 0.1) is 6.92 Å². The molecule has 1 atom stereocenters. The maximum Gasteiger partial charge on any atom is 0.313 e. The fourth-order valence-corrected chi connectivity index (χ4v) is 1.95. The molecule has 1 aromatic heterocycles. The minimum Gasteiger partial charge on any atom is -0.464 e. The molecule has 0 aliphatic carbocycles. The molecule has 2 amide bonds. The van der Waals surface area contributed by atoms with Crippen molar-refractivity contribution >= 4 is 29.1 Å². The van der Waals surface area contributed by atoms with Crippen LogP contribution in [-0.4, -0.2) is 23.5 Å². The average Bonchev–Trinajstić information content (AvgIpc) is 2.91. The summed E-state index contributed by atoms with van der Waals surface area (Å²) in [7, 11) is 0. The Morgan fingerprint density at radius 1 is 1.27 bits per heavy atom. The Morgan fingerprint density at radius 3 is 2.68 bits per heavy atom. The van der Waals surface area contributed by atoms with E-state index < -0.39 is 17.9 Å². The zero-order valence-electron chi connectivity index (χ0n) is 11.8. The fraction of sp³-hybridized carbons (Fsp3) is 0.200. The zero-order valence-corrected chi connectivity index (χ0v) is 12.6. The molecule has 0 fully saturated rings. The lowest BCUT2D eigenvalue weighted by molar-refractivity contribution is -0.136. The minimum atomic E-state index is -1.02. The monoisotopic (exact) mass is 322 g/mol. The lowest BCUT2D eigenvalue weighted by atomic mass is 10.2. The van der Waals surface area contributed by atoms with Crippen LogP contribution in [0.2, 0.25) is 5.02 Å². The molecule has 1 aromatic carbocycles. The molecular formula is C15H15ClN2O4. The first-order valence-corrected chi connectivity index (χ1v) is 6.92. The second kappa shape index (κ2) is 7.11. The predicted octanol–water partition coefficient (Wildman–Crippen LogP) is 2.03. The Labute approximate surface area is 132 Å². The summed E-state index contributed by atoms with van der Waals surface area (Å²) in [6.07, 6.45) is -1.02. The number of furan rings is 1. The lowest BCUT2D eigenvalue weighted by Gasteiger charge is -2.10. The molecule has 0 spiro atoms. The maximum absolute atomic E-state index is 11.7. The number of aliphatic hydroxyl groups is 1. The second-order valence-electron chi connectivity index (χ2n) is 4.64. The highest BCUT2D eigenvalue weighted by Gasteiger charge is 2.17. The number of rotatable bonds is 4. The number of amides is 2. The summed E-state index contributed by atoms with van der Waals surface area (Å²) in [4.78, 5) is 23.4. The van der Waals surface area contributed by atoms with Gasteiger partial charge in [-0.15, -0.1) is 0 Å². The van der Waals surface area contributed by atoms with Crippen LogP contribution < -0.4 is 10.6 Å². The summed E-state index contributed by atoms with van der Waals surface area (Å²) < 4.78 is 5.23. The third kappa shape index (κ3) is 4.34. The molecule has 0 radical (unpaired) electrons. The highest BCUT2D eigenvalue weighted by atomic mass is 35.5. The molecule has 6 nitrogen and oxygen atoms in total. The van der Waals surface area contributed by atoms with Gasteiger partial charge in [-0.05, 0) is 37.3 Å². The number of nitrogens with one attached hydrogen (secondary N) is 2. The topological polar surface area (TPSA) is 91.6 Å². The van der Waals surface area contributed by atoms with Crippen molar-refractivity contribution in [3.63, 3.8) is 0 Å². The molecule has 7 heteroatoms. The molecule has 0 aliphatic heterocycles. The van der Waals surface area contributed by atoms with E-state index in [1.54, 1.807) is 37.3 Å². The van der Waals surface area contributed by atoms with Gasteiger partial charge in [-0.25, -0.2) is 0 Å². The van der Waals surface area contributed by atoms with Crippen molar-refractivity contribution in [2.24, 2.45) is 0 Å². The van der Waals surface area contributed by atoms with E-state index in [4.69, 9.17) is 16.0 Å². The van der Waals surface area contributed by atoms with Crippen LogP contribution in [0.4, 0.5) is 5.69 Å². The SMILES string of the molecule is Cc1ccc(C(O)CNC(=O)C(=O)Nc2cccc(Cl)c2)o1. The van der Waals surface area contributed by atoms with Gasteiger partial charge in [0.05, 0.1) is 6.54 Å². The summed E-state index contributed by atoms with van der Waals surface area (Å²) >= 11 is 5.79. The number of anilines is 1. The lowest BCUT2D eigenvalue weighted by Crippen LogP contribution is -2.37. The Bertz CT molecular complexity index is 684. The summed E-state index contributed by atoms with van der Waals surface area (Å²) in [5, 5.41) is 15.0. The minimum absolute atomic E-state index is 0.130. The average molecular weight is 323 g/mol. The van der Waals surface area contributed by atoms with E-state index in [-0.39, 0.29) is 6.54 Å². The van der Waals surface area contributed by atoms with Crippen molar-refractivity contribution in [3.8, 4) is 0 Å². The number of aryl methyl sites for hydroxylation is 1. The molecule has 2 aromatic rings. The third-order valence-electron chi connectivity index (χ3n) is 2.83. The Hall–Kier alpha value is -2.31. The number of hydrogen-bond donors (Lipinski definition) is 3. The van der Waals surface area contributed by atoms with Crippen LogP contribution >= 0.6 is 11.6 Å². The van der Waals surface area contributed by atoms with Crippen molar-refractivity contribution in [2.75, 3.05) is 11.9 Å². The van der Waals surface area contributed by atoms with Crippen LogP contribution in [0.25, 0.3) is 0 Å². The Kier molecular flexibility index (Phi) is 5.19. The molecule has 2 rings (SSSR count). The molecule has 0 bridgehead atoms. The quantitative estimate of drug-likeness (QED) is 0.751. The Morgan fingerprint density at radius 2 is 2.05 bits per heavy atom. The van der Waals surface area contributed by atoms with E-state index in [0.29, 0.717) is 22.2 Å². The van der Waals surface area contributed by atoms with E-state index in [1.807, 2.05) is 0 Å². The highest BCUT2D eigenvalue weighted by molar-refractivity contribution is 6.39. The summed E-state index contributed by atoms with van der Waals surface area (Å²) in [5.74, 6) is -0.723. The van der Waals surface area contributed by atoms with E-state index in [1.165, 1.54) is 6.07 Å². The van der Waals surface area contributed by atoms with Crippen LogP contribution in [0.1, 0.15) is 17.6 Å². The van der Waals surface area contributed by atoms with Gasteiger partial charge in [-0.3, -0.25) is 9.59 Å². The molecule has 1 unspecified atom stereocenters. The number of hydrogen-bond acceptors (Lipinski definition) is 4. The van der Waals surface area contributed by atoms with Gasteiger partial charge < -0.3 is 20.2 Å². The van der Waals surface area contributed by atoms with Gasteiger partial charge in [-0.2, -0.15) is 0 Å². The van der Waals surface area contributed by atoms with Crippen molar-refractivity contribution in [2.45, 2.75) is 13.0 Å². The van der Waals surface area contributed by atoms with Gasteiger partial charge in [0, 0.05) is 10.7 Å². The highest BCUT2D eigenvalue weighted by Crippen LogP contribution is 2.16. The number of benzene rings is 1. The van der Waals surface area contributed by atoms with Crippen LogP contribution in [-0.2, 0) is 9.59 Å². The van der Waals surface area contributed by atoms with Gasteiger partial charge in [0.2, 0.25) is 0 Å². The van der Waals surface area contributed by atoms with Crippen LogP contribution in [0.5, 0.6) is 0 Å². The molecule has 116 valence electrons. The number of aliphatic hydroxyl groups excluding tert-OH is 1. The standard InChI is InChI=1S/C15H15ClN2O4/c1-9-5-6-13(22-9)12(19)8-17-14(20)15(21)18-11-4-2-3-10(16)7-11/h2-7,12,19H,8H2,1H3,(H,17,20)(H,18,21). The smallest absolute Gasteiger partial charge is 0.313 e. The van der Waals surface area contributed by atoms with Gasteiger partial charge in [0.25, 0.3) is 0 Å². The first-order valence-electron chi connectivity index (χ1n) is 6.55. The molecule has 3 N–H and O–H groups in total. The molecule has 22 heavy (non-hydrogen) atoms. The fourth-order valence-electron chi connectivity index (χ4n) is 1.76. The van der Waals surface area contributed by atoms with Gasteiger partial charge in [0.15, 0.2) is 0 Å². The third-order valence-corrected chi connectivity index (χ3v) is 3.07. The normalized spacial score (nSPS) is 11.8. The molecular weight excluding hydrogens is 308 g/mol. The molecule has 0 aliphatic rings. The van der Waals surface area contributed by atoms with Gasteiger partial charge in [0.1, 0.15) is 17.6 Å². The number of carbonyl (C=O) groups excluding carboxylic acids is 2. The largest absolute Gasteiger partial charge is 0.464 e. The van der Waals surface area contributed by atoms with E-state index >= 15 is 0 Å². The van der Waals surface area contributed by atoms with E-state index in [9.17, 15) is 14.7 Å². The Balaban J connectivity index is 1.85.